The van der Waals surface area contributed by atoms with Gasteiger partial charge in [0.25, 0.3) is 0 Å². The molecule has 80 heavy (non-hydrogen) atoms. The summed E-state index contributed by atoms with van der Waals surface area (Å²) in [5.74, 6) is 1.86. The molecule has 1 aliphatic heterocycles. The van der Waals surface area contributed by atoms with Gasteiger partial charge in [-0.1, -0.05) is 26.3 Å². The Morgan fingerprint density at radius 1 is 0.312 bits per heavy atom. The Hall–Kier alpha value is -2.61. The maximum Gasteiger partial charge on any atom is 0.333 e. The van der Waals surface area contributed by atoms with Crippen LogP contribution in [0.5, 0.6) is 0 Å². The van der Waals surface area contributed by atoms with Crippen LogP contribution in [-0.4, -0.2) is 137 Å². The zero-order chi connectivity index (χ0) is 58.4. The maximum absolute atomic E-state index is 12.0. The van der Waals surface area contributed by atoms with Crippen LogP contribution in [0.4, 0.5) is 0 Å². The number of esters is 4. The van der Waals surface area contributed by atoms with Crippen molar-refractivity contribution in [3.8, 4) is 0 Å². The largest absolute Gasteiger partial charge is 0.462 e. The molecule has 5 fully saturated rings. The molecular formula is C60H104O16Si4. The zero-order valence-corrected chi connectivity index (χ0v) is 54.6. The molecule has 1 saturated heterocycles. The van der Waals surface area contributed by atoms with Crippen LogP contribution in [-0.2, 0) is 73.5 Å². The quantitative estimate of drug-likeness (QED) is 0.0204. The first-order chi connectivity index (χ1) is 37.9. The summed E-state index contributed by atoms with van der Waals surface area (Å²) in [6.45, 7) is 36.6. The van der Waals surface area contributed by atoms with E-state index in [1.165, 1.54) is 0 Å². The van der Waals surface area contributed by atoms with Gasteiger partial charge in [-0.25, -0.2) is 19.2 Å². The summed E-state index contributed by atoms with van der Waals surface area (Å²) in [7, 11) is -12.2. The normalized spacial score (nSPS) is 32.1. The van der Waals surface area contributed by atoms with Crippen LogP contribution in [0.2, 0.25) is 50.4 Å². The molecule has 5 rings (SSSR count). The highest BCUT2D eigenvalue weighted by Gasteiger charge is 2.57. The summed E-state index contributed by atoms with van der Waals surface area (Å²) in [5.41, 5.74) is 1.71. The molecule has 0 radical (unpaired) electrons. The second kappa shape index (κ2) is 33.8. The highest BCUT2D eigenvalue weighted by atomic mass is 28.5. The van der Waals surface area contributed by atoms with Gasteiger partial charge in [-0.3, -0.25) is 0 Å². The molecule has 0 amide bonds. The van der Waals surface area contributed by atoms with Crippen molar-refractivity contribution in [2.24, 2.45) is 47.3 Å². The fourth-order valence-electron chi connectivity index (χ4n) is 11.9. The van der Waals surface area contributed by atoms with Gasteiger partial charge in [0.15, 0.2) is 0 Å². The van der Waals surface area contributed by atoms with E-state index in [4.69, 9.17) is 54.4 Å². The fourth-order valence-corrected chi connectivity index (χ4v) is 34.0. The number of rotatable bonds is 32. The monoisotopic (exact) mass is 1190 g/mol. The third-order valence-electron chi connectivity index (χ3n) is 17.0. The molecule has 0 N–H and O–H groups in total. The molecule has 0 spiro atoms. The molecule has 4 saturated carbocycles. The number of carbonyl (C=O) groups excluding carboxylic acids is 4. The Balaban J connectivity index is 1.23. The molecule has 0 aromatic heterocycles. The Morgan fingerprint density at radius 3 is 0.613 bits per heavy atom. The van der Waals surface area contributed by atoms with E-state index >= 15 is 0 Å². The molecule has 0 aromatic rings. The molecule has 0 aromatic carbocycles. The van der Waals surface area contributed by atoms with E-state index in [0.29, 0.717) is 173 Å². The van der Waals surface area contributed by atoms with Crippen LogP contribution in [0.15, 0.2) is 48.6 Å². The highest BCUT2D eigenvalue weighted by Crippen LogP contribution is 2.39. The molecule has 0 atom stereocenters. The topological polar surface area (TPSA) is 179 Å². The lowest BCUT2D eigenvalue weighted by Gasteiger charge is -2.50. The van der Waals surface area contributed by atoms with Crippen LogP contribution < -0.4 is 0 Å². The summed E-state index contributed by atoms with van der Waals surface area (Å²) in [4.78, 5) is 48.1. The van der Waals surface area contributed by atoms with Crippen molar-refractivity contribution in [3.63, 3.8) is 0 Å². The van der Waals surface area contributed by atoms with Crippen molar-refractivity contribution in [2.75, 3.05) is 79.3 Å². The lowest BCUT2D eigenvalue weighted by atomic mass is 9.83. The summed E-state index contributed by atoms with van der Waals surface area (Å²) in [6, 6.07) is 2.48. The van der Waals surface area contributed by atoms with Crippen LogP contribution in [0, 0.1) is 47.3 Å². The smallest absolute Gasteiger partial charge is 0.333 e. The lowest BCUT2D eigenvalue weighted by Crippen LogP contribution is -2.68. The van der Waals surface area contributed by atoms with E-state index in [-0.39, 0.29) is 23.9 Å². The first kappa shape index (κ1) is 68.2. The average molecular weight is 1190 g/mol. The summed E-state index contributed by atoms with van der Waals surface area (Å²) in [5, 5.41) is 0. The maximum atomic E-state index is 12.0. The van der Waals surface area contributed by atoms with Crippen molar-refractivity contribution >= 4 is 58.1 Å². The van der Waals surface area contributed by atoms with Crippen molar-refractivity contribution in [1.29, 1.82) is 0 Å². The van der Waals surface area contributed by atoms with Crippen LogP contribution in [0.1, 0.15) is 130 Å². The molecule has 5 aliphatic rings. The van der Waals surface area contributed by atoms with Gasteiger partial charge < -0.3 is 54.4 Å². The molecule has 1 heterocycles. The zero-order valence-electron chi connectivity index (χ0n) is 50.6. The number of hydrogen-bond acceptors (Lipinski definition) is 16. The van der Waals surface area contributed by atoms with E-state index < -0.39 is 34.2 Å². The van der Waals surface area contributed by atoms with Gasteiger partial charge in [0.05, 0.1) is 26.4 Å². The molecule has 4 aliphatic carbocycles. The Labute approximate surface area is 485 Å². The van der Waals surface area contributed by atoms with Crippen LogP contribution in [0.25, 0.3) is 0 Å². The summed E-state index contributed by atoms with van der Waals surface area (Å²) in [6.07, 6.45) is 16.2. The standard InChI is InChI=1S/C60H104O16Si4/c1-45(2)57(61)69-41-53-21-13-49(14-22-53)37-65-29-33-77(9)73-78(10,34-30-66-38-50-15-23-54(24-16-50)42-70-58(62)46(3)4)75-80(12,36-32-68-40-52-19-27-56(28-20-52)44-72-60(64)48(7)8)76-79(11,74-77)35-31-67-39-51-17-25-55(26-18-51)43-71-59(63)47(5)6/h49-56H,1,3,5,7,13-44H2,2,4,6,8-12H3. The molecular weight excluding hydrogens is 1090 g/mol. The molecule has 0 bridgehead atoms. The van der Waals surface area contributed by atoms with E-state index in [0.717, 1.165) is 103 Å². The van der Waals surface area contributed by atoms with Crippen molar-refractivity contribution in [1.82, 2.24) is 0 Å². The van der Waals surface area contributed by atoms with Gasteiger partial charge in [0.1, 0.15) is 0 Å². The van der Waals surface area contributed by atoms with Gasteiger partial charge in [-0.15, -0.1) is 0 Å². The molecule has 20 heteroatoms. The fraction of sp³-hybridized carbons (Fsp3) is 0.800. The molecule has 0 unspecified atom stereocenters. The van der Waals surface area contributed by atoms with Gasteiger partial charge in [-0.05, 0) is 204 Å². The van der Waals surface area contributed by atoms with Gasteiger partial charge in [0, 0.05) is 99.3 Å². The average Bonchev–Trinajstić information content (AvgIpc) is 3.41. The number of ether oxygens (including phenoxy) is 8. The second-order valence-electron chi connectivity index (χ2n) is 25.3. The second-order valence-corrected chi connectivity index (χ2v) is 39.6. The predicted octanol–water partition coefficient (Wildman–Crippen LogP) is 12.1. The van der Waals surface area contributed by atoms with Crippen LogP contribution >= 0.6 is 0 Å². The van der Waals surface area contributed by atoms with Crippen molar-refractivity contribution < 1.29 is 73.5 Å². The minimum atomic E-state index is -3.05. The van der Waals surface area contributed by atoms with E-state index in [1.807, 2.05) is 0 Å². The number of carbonyl (C=O) groups is 4. The first-order valence-corrected chi connectivity index (χ1v) is 40.5. The van der Waals surface area contributed by atoms with E-state index in [2.05, 4.69) is 52.5 Å². The third kappa shape index (κ3) is 24.9. The lowest BCUT2D eigenvalue weighted by molar-refractivity contribution is -0.141. The highest BCUT2D eigenvalue weighted by molar-refractivity contribution is 6.94. The molecule has 456 valence electrons. The Bertz CT molecular complexity index is 1720. The van der Waals surface area contributed by atoms with E-state index in [9.17, 15) is 19.2 Å². The summed E-state index contributed by atoms with van der Waals surface area (Å²) >= 11 is 0. The van der Waals surface area contributed by atoms with Crippen LogP contribution in [0.3, 0.4) is 0 Å². The van der Waals surface area contributed by atoms with Crippen molar-refractivity contribution in [3.05, 3.63) is 48.6 Å². The van der Waals surface area contributed by atoms with Gasteiger partial charge in [0.2, 0.25) is 0 Å². The minimum absolute atomic E-state index is 0.323. The van der Waals surface area contributed by atoms with Gasteiger partial charge in [-0.2, -0.15) is 0 Å². The Kier molecular flexibility index (Phi) is 28.8. The molecule has 16 nitrogen and oxygen atoms in total. The predicted molar refractivity (Wildman–Crippen MR) is 318 cm³/mol. The number of hydrogen-bond donors (Lipinski definition) is 0. The SMILES string of the molecule is C=C(C)C(=O)OCC1CCC(COCC[Si]2(C)O[Si](C)(CCOCC3CCC(COC(=O)C(=C)C)CC3)O[Si](C)(CCOCC3CCC(COC(=O)C(=C)C)CC3)O[Si](C)(CCOCC3CCC(COC(=O)C(=C)C)CC3)O2)CC1. The Morgan fingerprint density at radius 2 is 0.463 bits per heavy atom. The first-order valence-electron chi connectivity index (χ1n) is 30.4. The minimum Gasteiger partial charge on any atom is -0.462 e. The van der Waals surface area contributed by atoms with E-state index in [1.54, 1.807) is 27.7 Å². The third-order valence-corrected chi connectivity index (χ3v) is 35.3. The summed E-state index contributed by atoms with van der Waals surface area (Å²) < 4.78 is 78.1. The van der Waals surface area contributed by atoms with Gasteiger partial charge >= 0.3 is 58.1 Å². The van der Waals surface area contributed by atoms with Crippen molar-refractivity contribution in [2.45, 2.75) is 181 Å².